The van der Waals surface area contributed by atoms with E-state index in [-0.39, 0.29) is 19.8 Å². The Morgan fingerprint density at radius 1 is 0.590 bits per heavy atom. The van der Waals surface area contributed by atoms with Gasteiger partial charge in [0.15, 0.2) is 24.8 Å². The van der Waals surface area contributed by atoms with Crippen molar-refractivity contribution in [3.05, 3.63) is 108 Å². The number of carbonyl (C=O) groups excluding carboxylic acids is 4. The number of alkyl halides is 3. The van der Waals surface area contributed by atoms with E-state index in [1.54, 1.807) is 0 Å². The molecule has 0 radical (unpaired) electrons. The number of esters is 3. The van der Waals surface area contributed by atoms with Gasteiger partial charge in [0.05, 0.1) is 26.4 Å². The maximum absolute atomic E-state index is 13.2. The number of halogens is 3. The molecule has 3 aromatic carbocycles. The minimum absolute atomic E-state index is 0.0836. The third kappa shape index (κ3) is 15.4. The summed E-state index contributed by atoms with van der Waals surface area (Å²) in [6.45, 7) is 2.03. The van der Waals surface area contributed by atoms with Crippen LogP contribution in [-0.2, 0) is 81.6 Å². The molecule has 61 heavy (non-hydrogen) atoms. The first-order valence-corrected chi connectivity index (χ1v) is 20.3. The summed E-state index contributed by atoms with van der Waals surface area (Å²) in [7, 11) is 0. The van der Waals surface area contributed by atoms with E-state index in [9.17, 15) is 24.3 Å². The van der Waals surface area contributed by atoms with Crippen molar-refractivity contribution in [2.75, 3.05) is 19.8 Å². The number of hydrogen-bond acceptors (Lipinski definition) is 15. The monoisotopic (exact) mass is 911 g/mol. The van der Waals surface area contributed by atoms with Gasteiger partial charge in [0.25, 0.3) is 0 Å². The highest BCUT2D eigenvalue weighted by molar-refractivity contribution is 6.67. The van der Waals surface area contributed by atoms with E-state index in [4.69, 9.17) is 82.2 Å². The molecular weight excluding hydrogens is 865 g/mol. The molecule has 0 aliphatic carbocycles. The first-order valence-electron chi connectivity index (χ1n) is 19.2. The van der Waals surface area contributed by atoms with Crippen LogP contribution in [0.2, 0.25) is 0 Å². The van der Waals surface area contributed by atoms with Crippen LogP contribution in [0, 0.1) is 0 Å². The van der Waals surface area contributed by atoms with Crippen LogP contribution in [-0.4, -0.2) is 114 Å². The molecular formula is C42H48Cl3NO15. The molecule has 0 saturated carbocycles. The van der Waals surface area contributed by atoms with Crippen LogP contribution >= 0.6 is 34.8 Å². The highest BCUT2D eigenvalue weighted by Crippen LogP contribution is 2.33. The lowest BCUT2D eigenvalue weighted by molar-refractivity contribution is -0.330. The number of rotatable bonds is 18. The molecule has 0 spiro atoms. The third-order valence-electron chi connectivity index (χ3n) is 9.24. The molecule has 5 rings (SSSR count). The second-order valence-corrected chi connectivity index (χ2v) is 16.6. The van der Waals surface area contributed by atoms with E-state index in [1.807, 2.05) is 91.0 Å². The van der Waals surface area contributed by atoms with Gasteiger partial charge in [-0.05, 0) is 16.7 Å². The normalized spacial score (nSPS) is 26.4. The lowest BCUT2D eigenvalue weighted by Crippen LogP contribution is -2.67. The van der Waals surface area contributed by atoms with Gasteiger partial charge in [-0.2, -0.15) is 0 Å². The molecule has 2 aliphatic heterocycles. The zero-order valence-electron chi connectivity index (χ0n) is 33.5. The number of ether oxygens (including phenoxy) is 10. The van der Waals surface area contributed by atoms with Crippen LogP contribution in [0.25, 0.3) is 0 Å². The van der Waals surface area contributed by atoms with E-state index in [2.05, 4.69) is 5.32 Å². The topological polar surface area (TPSA) is 193 Å². The Morgan fingerprint density at radius 2 is 1.07 bits per heavy atom. The van der Waals surface area contributed by atoms with Gasteiger partial charge in [-0.3, -0.25) is 14.4 Å². The van der Waals surface area contributed by atoms with Gasteiger partial charge in [0.2, 0.25) is 3.79 Å². The van der Waals surface area contributed by atoms with Gasteiger partial charge in [-0.15, -0.1) is 0 Å². The highest BCUT2D eigenvalue weighted by atomic mass is 35.6. The maximum atomic E-state index is 13.2. The number of aliphatic hydroxyl groups excluding tert-OH is 1. The predicted molar refractivity (Wildman–Crippen MR) is 217 cm³/mol. The van der Waals surface area contributed by atoms with Crippen molar-refractivity contribution >= 4 is 58.8 Å². The summed E-state index contributed by atoms with van der Waals surface area (Å²) in [6, 6.07) is 26.6. The fraction of sp³-hybridized carbons (Fsp3) is 0.476. The summed E-state index contributed by atoms with van der Waals surface area (Å²) in [5.74, 6) is -2.36. The number of carbonyl (C=O) groups is 4. The third-order valence-corrected chi connectivity index (χ3v) is 9.57. The molecule has 2 N–H and O–H groups in total. The molecule has 0 aromatic heterocycles. The van der Waals surface area contributed by atoms with Crippen molar-refractivity contribution in [1.29, 1.82) is 0 Å². The molecule has 332 valence electrons. The number of hydrogen-bond donors (Lipinski definition) is 2. The Balaban J connectivity index is 1.48. The quantitative estimate of drug-likeness (QED) is 0.0973. The largest absolute Gasteiger partial charge is 0.463 e. The van der Waals surface area contributed by atoms with Crippen molar-refractivity contribution in [1.82, 2.24) is 5.32 Å². The van der Waals surface area contributed by atoms with Crippen LogP contribution in [0.4, 0.5) is 4.79 Å². The maximum Gasteiger partial charge on any atom is 0.407 e. The predicted octanol–water partition coefficient (Wildman–Crippen LogP) is 5.09. The Labute approximate surface area is 367 Å². The van der Waals surface area contributed by atoms with E-state index in [1.165, 1.54) is 0 Å². The van der Waals surface area contributed by atoms with Gasteiger partial charge in [-0.1, -0.05) is 126 Å². The molecule has 2 saturated heterocycles. The van der Waals surface area contributed by atoms with Crippen molar-refractivity contribution in [3.8, 4) is 0 Å². The second kappa shape index (κ2) is 23.4. The fourth-order valence-corrected chi connectivity index (χ4v) is 6.77. The van der Waals surface area contributed by atoms with Crippen molar-refractivity contribution in [2.24, 2.45) is 0 Å². The molecule has 0 unspecified atom stereocenters. The smallest absolute Gasteiger partial charge is 0.407 e. The summed E-state index contributed by atoms with van der Waals surface area (Å²) in [6.07, 6.45) is -12.8. The summed E-state index contributed by atoms with van der Waals surface area (Å²) >= 11 is 17.4. The average Bonchev–Trinajstić information content (AvgIpc) is 3.22. The van der Waals surface area contributed by atoms with E-state index in [0.717, 1.165) is 37.5 Å². The molecule has 16 nitrogen and oxygen atoms in total. The average molecular weight is 913 g/mol. The number of nitrogens with one attached hydrogen (secondary N) is 1. The van der Waals surface area contributed by atoms with Gasteiger partial charge >= 0.3 is 24.0 Å². The lowest BCUT2D eigenvalue weighted by Gasteiger charge is -2.47. The van der Waals surface area contributed by atoms with Crippen molar-refractivity contribution < 1.29 is 71.7 Å². The Kier molecular flexibility index (Phi) is 18.4. The van der Waals surface area contributed by atoms with E-state index < -0.39 is 109 Å². The summed E-state index contributed by atoms with van der Waals surface area (Å²) in [5.41, 5.74) is 2.49. The van der Waals surface area contributed by atoms with E-state index >= 15 is 0 Å². The van der Waals surface area contributed by atoms with Crippen LogP contribution in [0.5, 0.6) is 0 Å². The highest BCUT2D eigenvalue weighted by Gasteiger charge is 2.53. The molecule has 2 heterocycles. The standard InChI is InChI=1S/C42H48Cl3NO15/c1-25(47)52-22-32-35(58-26(2)48)36(59-27(3)49)33(46-41(51)57-24-42(43,44)45)40(61-32)56-23-31-34(53-19-28-13-7-4-8-14-28)37(54-20-29-15-9-5-10-16-29)38(39(50)60-31)55-21-30-17-11-6-12-18-30/h4-18,31-40,50H,19-24H2,1-3H3,(H,46,51)/t31-,32-,33-,34-,35+,36-,37+,38-,39+,40-/m1/s1. The number of benzene rings is 3. The molecule has 2 aliphatic rings. The molecule has 10 atom stereocenters. The lowest BCUT2D eigenvalue weighted by atomic mass is 9.95. The van der Waals surface area contributed by atoms with Gasteiger partial charge in [0.1, 0.15) is 49.8 Å². The number of alkyl carbamates (subject to hydrolysis) is 1. The SMILES string of the molecule is CC(=O)OC[C@H]1O[C@@H](OC[C@H]2O[C@H](O)[C@H](OCc3ccccc3)[C@@H](OCc3ccccc3)[C@@H]2OCc2ccccc2)[C@H](NC(=O)OCC(Cl)(Cl)Cl)[C@@H](OC(C)=O)[C@H]1OC(C)=O. The fourth-order valence-electron chi connectivity index (χ4n) is 6.61. The Bertz CT molecular complexity index is 1840. The minimum atomic E-state index is -1.99. The van der Waals surface area contributed by atoms with Crippen LogP contribution in [0.15, 0.2) is 91.0 Å². The minimum Gasteiger partial charge on any atom is -0.463 e. The van der Waals surface area contributed by atoms with Crippen molar-refractivity contribution in [3.63, 3.8) is 0 Å². The van der Waals surface area contributed by atoms with Gasteiger partial charge in [0, 0.05) is 20.8 Å². The van der Waals surface area contributed by atoms with Crippen LogP contribution in [0.1, 0.15) is 37.5 Å². The second-order valence-electron chi connectivity index (χ2n) is 14.0. The zero-order chi connectivity index (χ0) is 43.9. The zero-order valence-corrected chi connectivity index (χ0v) is 35.7. The number of aliphatic hydroxyl groups is 1. The van der Waals surface area contributed by atoms with Crippen molar-refractivity contribution in [2.45, 2.75) is 106 Å². The molecule has 2 fully saturated rings. The number of amides is 1. The first-order chi connectivity index (χ1) is 29.2. The molecule has 0 bridgehead atoms. The summed E-state index contributed by atoms with van der Waals surface area (Å²) < 4.78 is 57.6. The van der Waals surface area contributed by atoms with Crippen LogP contribution in [0.3, 0.4) is 0 Å². The molecule has 3 aromatic rings. The van der Waals surface area contributed by atoms with E-state index in [0.29, 0.717) is 0 Å². The molecule has 19 heteroatoms. The van der Waals surface area contributed by atoms with Gasteiger partial charge < -0.3 is 57.8 Å². The Morgan fingerprint density at radius 3 is 1.56 bits per heavy atom. The summed E-state index contributed by atoms with van der Waals surface area (Å²) in [4.78, 5) is 50.0. The van der Waals surface area contributed by atoms with Crippen LogP contribution < -0.4 is 5.32 Å². The Hall–Kier alpha value is -4.07. The summed E-state index contributed by atoms with van der Waals surface area (Å²) in [5, 5.41) is 14.1. The first kappa shape index (κ1) is 48.0. The van der Waals surface area contributed by atoms with Gasteiger partial charge in [-0.25, -0.2) is 4.79 Å². The molecule has 1 amide bonds.